The Bertz CT molecular complexity index is 416. The van der Waals surface area contributed by atoms with Crippen molar-refractivity contribution in [2.45, 2.75) is 38.3 Å². The molecule has 0 spiro atoms. The second-order valence-corrected chi connectivity index (χ2v) is 5.07. The van der Waals surface area contributed by atoms with Gasteiger partial charge in [0.1, 0.15) is 5.75 Å². The third-order valence-electron chi connectivity index (χ3n) is 3.70. The zero-order valence-corrected chi connectivity index (χ0v) is 11.3. The molecule has 1 unspecified atom stereocenters. The van der Waals surface area contributed by atoms with Crippen LogP contribution < -0.4 is 4.74 Å². The van der Waals surface area contributed by atoms with E-state index in [1.165, 1.54) is 5.56 Å². The van der Waals surface area contributed by atoms with Gasteiger partial charge in [0, 0.05) is 12.6 Å². The third-order valence-corrected chi connectivity index (χ3v) is 3.70. The van der Waals surface area contributed by atoms with Gasteiger partial charge in [-0.25, -0.2) is 0 Å². The van der Waals surface area contributed by atoms with Crippen molar-refractivity contribution in [3.8, 4) is 5.75 Å². The van der Waals surface area contributed by atoms with Crippen LogP contribution >= 0.6 is 0 Å². The van der Waals surface area contributed by atoms with E-state index in [9.17, 15) is 4.79 Å². The highest BCUT2D eigenvalue weighted by atomic mass is 16.5. The molecule has 0 radical (unpaired) electrons. The number of methoxy groups -OCH3 is 1. The number of carbonyl (C=O) groups is 1. The highest BCUT2D eigenvalue weighted by Gasteiger charge is 2.24. The second kappa shape index (κ2) is 6.57. The third kappa shape index (κ3) is 3.96. The van der Waals surface area contributed by atoms with E-state index in [1.54, 1.807) is 7.11 Å². The molecule has 0 saturated carbocycles. The Morgan fingerprint density at radius 3 is 2.74 bits per heavy atom. The predicted molar refractivity (Wildman–Crippen MR) is 73.3 cm³/mol. The van der Waals surface area contributed by atoms with Crippen LogP contribution in [-0.4, -0.2) is 35.7 Å². The molecule has 0 amide bonds. The lowest BCUT2D eigenvalue weighted by Crippen LogP contribution is -2.40. The first-order valence-electron chi connectivity index (χ1n) is 6.78. The average molecular weight is 263 g/mol. The van der Waals surface area contributed by atoms with Crippen LogP contribution in [0.25, 0.3) is 0 Å². The van der Waals surface area contributed by atoms with E-state index in [2.05, 4.69) is 4.90 Å². The van der Waals surface area contributed by atoms with E-state index in [0.29, 0.717) is 0 Å². The molecule has 1 fully saturated rings. The quantitative estimate of drug-likeness (QED) is 0.887. The normalized spacial score (nSPS) is 20.2. The fraction of sp³-hybridized carbons (Fsp3) is 0.533. The number of hydrogen-bond donors (Lipinski definition) is 1. The number of piperidine rings is 1. The number of benzene rings is 1. The molecule has 1 heterocycles. The van der Waals surface area contributed by atoms with E-state index in [4.69, 9.17) is 9.84 Å². The monoisotopic (exact) mass is 263 g/mol. The molecule has 104 valence electrons. The zero-order chi connectivity index (χ0) is 13.7. The molecule has 4 nitrogen and oxygen atoms in total. The minimum atomic E-state index is -0.702. The smallest absolute Gasteiger partial charge is 0.304 e. The van der Waals surface area contributed by atoms with Crippen LogP contribution in [0.4, 0.5) is 0 Å². The molecular formula is C15H21NO3. The van der Waals surface area contributed by atoms with Gasteiger partial charge in [0.25, 0.3) is 0 Å². The maximum Gasteiger partial charge on any atom is 0.304 e. The minimum absolute atomic E-state index is 0.174. The number of nitrogens with zero attached hydrogens (tertiary/aromatic N) is 1. The Morgan fingerprint density at radius 2 is 2.11 bits per heavy atom. The van der Waals surface area contributed by atoms with Crippen molar-refractivity contribution < 1.29 is 14.6 Å². The van der Waals surface area contributed by atoms with E-state index in [0.717, 1.165) is 38.1 Å². The molecule has 0 bridgehead atoms. The summed E-state index contributed by atoms with van der Waals surface area (Å²) in [4.78, 5) is 13.2. The topological polar surface area (TPSA) is 49.8 Å². The largest absolute Gasteiger partial charge is 0.497 e. The lowest BCUT2D eigenvalue weighted by Gasteiger charge is -2.35. The molecule has 1 saturated heterocycles. The molecule has 1 aromatic carbocycles. The van der Waals surface area contributed by atoms with E-state index >= 15 is 0 Å². The predicted octanol–water partition coefficient (Wildman–Crippen LogP) is 2.52. The standard InChI is InChI=1S/C15H21NO3/c1-19-14-7-5-12(6-8-14)11-16-9-3-2-4-13(16)10-15(17)18/h5-8,13H,2-4,9-11H2,1H3,(H,17,18). The lowest BCUT2D eigenvalue weighted by molar-refractivity contribution is -0.138. The van der Waals surface area contributed by atoms with Crippen LogP contribution in [0, 0.1) is 0 Å². The summed E-state index contributed by atoms with van der Waals surface area (Å²) in [5.41, 5.74) is 1.21. The van der Waals surface area contributed by atoms with Crippen LogP contribution in [0.3, 0.4) is 0 Å². The van der Waals surface area contributed by atoms with Crippen molar-refractivity contribution >= 4 is 5.97 Å². The zero-order valence-electron chi connectivity index (χ0n) is 11.3. The molecule has 1 aliphatic heterocycles. The summed E-state index contributed by atoms with van der Waals surface area (Å²) < 4.78 is 5.14. The Morgan fingerprint density at radius 1 is 1.37 bits per heavy atom. The summed E-state index contributed by atoms with van der Waals surface area (Å²) in [6.45, 7) is 1.81. The van der Waals surface area contributed by atoms with Gasteiger partial charge in [0.05, 0.1) is 13.5 Å². The van der Waals surface area contributed by atoms with Crippen molar-refractivity contribution in [1.29, 1.82) is 0 Å². The SMILES string of the molecule is COc1ccc(CN2CCCCC2CC(=O)O)cc1. The Kier molecular flexibility index (Phi) is 4.80. The van der Waals surface area contributed by atoms with Gasteiger partial charge in [-0.15, -0.1) is 0 Å². The summed E-state index contributed by atoms with van der Waals surface area (Å²) in [7, 11) is 1.66. The van der Waals surface area contributed by atoms with Gasteiger partial charge < -0.3 is 9.84 Å². The maximum absolute atomic E-state index is 10.9. The number of hydrogen-bond acceptors (Lipinski definition) is 3. The molecule has 4 heteroatoms. The fourth-order valence-corrected chi connectivity index (χ4v) is 2.67. The molecular weight excluding hydrogens is 242 g/mol. The van der Waals surface area contributed by atoms with Crippen molar-refractivity contribution in [1.82, 2.24) is 4.90 Å². The average Bonchev–Trinajstić information content (AvgIpc) is 2.41. The summed E-state index contributed by atoms with van der Waals surface area (Å²) in [5, 5.41) is 8.97. The molecule has 1 aliphatic rings. The van der Waals surface area contributed by atoms with Crippen LogP contribution in [0.15, 0.2) is 24.3 Å². The van der Waals surface area contributed by atoms with Crippen molar-refractivity contribution in [3.63, 3.8) is 0 Å². The molecule has 2 rings (SSSR count). The minimum Gasteiger partial charge on any atom is -0.497 e. The number of rotatable bonds is 5. The Balaban J connectivity index is 1.99. The molecule has 1 atom stereocenters. The first kappa shape index (κ1) is 13.9. The van der Waals surface area contributed by atoms with Gasteiger partial charge in [-0.1, -0.05) is 18.6 Å². The van der Waals surface area contributed by atoms with Crippen LogP contribution in [0.5, 0.6) is 5.75 Å². The van der Waals surface area contributed by atoms with Crippen molar-refractivity contribution in [2.24, 2.45) is 0 Å². The van der Waals surface area contributed by atoms with E-state index in [-0.39, 0.29) is 12.5 Å². The summed E-state index contributed by atoms with van der Waals surface area (Å²) >= 11 is 0. The molecule has 0 aromatic heterocycles. The first-order chi connectivity index (χ1) is 9.19. The number of carboxylic acids is 1. The Hall–Kier alpha value is -1.55. The second-order valence-electron chi connectivity index (χ2n) is 5.07. The van der Waals surface area contributed by atoms with Gasteiger partial charge in [0.15, 0.2) is 0 Å². The summed E-state index contributed by atoms with van der Waals surface area (Å²) in [6.07, 6.45) is 3.53. The van der Waals surface area contributed by atoms with Crippen molar-refractivity contribution in [2.75, 3.05) is 13.7 Å². The maximum atomic E-state index is 10.9. The van der Waals surface area contributed by atoms with Crippen molar-refractivity contribution in [3.05, 3.63) is 29.8 Å². The highest BCUT2D eigenvalue weighted by molar-refractivity contribution is 5.67. The van der Waals surface area contributed by atoms with Crippen LogP contribution in [0.2, 0.25) is 0 Å². The lowest BCUT2D eigenvalue weighted by atomic mass is 9.98. The molecule has 19 heavy (non-hydrogen) atoms. The number of likely N-dealkylation sites (tertiary alicyclic amines) is 1. The summed E-state index contributed by atoms with van der Waals surface area (Å²) in [6, 6.07) is 8.17. The highest BCUT2D eigenvalue weighted by Crippen LogP contribution is 2.22. The summed E-state index contributed by atoms with van der Waals surface area (Å²) in [5.74, 6) is 0.149. The van der Waals surface area contributed by atoms with E-state index in [1.807, 2.05) is 24.3 Å². The van der Waals surface area contributed by atoms with Crippen LogP contribution in [0.1, 0.15) is 31.2 Å². The molecule has 1 aromatic rings. The molecule has 0 aliphatic carbocycles. The molecule has 1 N–H and O–H groups in total. The number of aliphatic carboxylic acids is 1. The fourth-order valence-electron chi connectivity index (χ4n) is 2.67. The number of carboxylic acid groups (broad SMARTS) is 1. The van der Waals surface area contributed by atoms with Gasteiger partial charge >= 0.3 is 5.97 Å². The van der Waals surface area contributed by atoms with Crippen LogP contribution in [-0.2, 0) is 11.3 Å². The van der Waals surface area contributed by atoms with Gasteiger partial charge in [-0.2, -0.15) is 0 Å². The Labute approximate surface area is 114 Å². The van der Waals surface area contributed by atoms with Gasteiger partial charge in [-0.05, 0) is 37.1 Å². The number of ether oxygens (including phenoxy) is 1. The van der Waals surface area contributed by atoms with Gasteiger partial charge in [-0.3, -0.25) is 9.69 Å². The van der Waals surface area contributed by atoms with E-state index < -0.39 is 5.97 Å². The first-order valence-corrected chi connectivity index (χ1v) is 6.78. The van der Waals surface area contributed by atoms with Gasteiger partial charge in [0.2, 0.25) is 0 Å².